The smallest absolute Gasteiger partial charge is 0.239 e. The van der Waals surface area contributed by atoms with Crippen LogP contribution in [0.3, 0.4) is 0 Å². The number of amides is 2. The Balaban J connectivity index is 2.61. The van der Waals surface area contributed by atoms with Gasteiger partial charge in [0.25, 0.3) is 0 Å². The van der Waals surface area contributed by atoms with Gasteiger partial charge in [-0.15, -0.1) is 0 Å². The first-order valence-electron chi connectivity index (χ1n) is 6.82. The molecule has 2 amide bonds. The highest BCUT2D eigenvalue weighted by Crippen LogP contribution is 2.22. The van der Waals surface area contributed by atoms with E-state index >= 15 is 0 Å². The lowest BCUT2D eigenvalue weighted by Crippen LogP contribution is -2.53. The monoisotopic (exact) mass is 255 g/mol. The summed E-state index contributed by atoms with van der Waals surface area (Å²) in [6.07, 6.45) is 4.28. The fourth-order valence-electron chi connectivity index (χ4n) is 2.41. The zero-order valence-corrected chi connectivity index (χ0v) is 11.4. The number of rotatable bonds is 5. The van der Waals surface area contributed by atoms with E-state index in [4.69, 9.17) is 11.5 Å². The lowest BCUT2D eigenvalue weighted by atomic mass is 9.92. The molecule has 4 N–H and O–H groups in total. The summed E-state index contributed by atoms with van der Waals surface area (Å²) in [5, 5.41) is 0. The van der Waals surface area contributed by atoms with Gasteiger partial charge < -0.3 is 16.4 Å². The van der Waals surface area contributed by atoms with Crippen molar-refractivity contribution >= 4 is 11.8 Å². The van der Waals surface area contributed by atoms with Crippen LogP contribution in [0.4, 0.5) is 0 Å². The van der Waals surface area contributed by atoms with E-state index in [2.05, 4.69) is 6.92 Å². The van der Waals surface area contributed by atoms with E-state index in [1.165, 1.54) is 0 Å². The van der Waals surface area contributed by atoms with Crippen molar-refractivity contribution < 1.29 is 9.59 Å². The van der Waals surface area contributed by atoms with E-state index < -0.39 is 6.04 Å². The molecule has 1 saturated heterocycles. The molecule has 1 aliphatic rings. The highest BCUT2D eigenvalue weighted by molar-refractivity contribution is 5.83. The molecule has 0 bridgehead atoms. The van der Waals surface area contributed by atoms with Crippen LogP contribution in [0.25, 0.3) is 0 Å². The maximum absolute atomic E-state index is 12.2. The van der Waals surface area contributed by atoms with Crippen molar-refractivity contribution in [3.63, 3.8) is 0 Å². The minimum absolute atomic E-state index is 0.0399. The van der Waals surface area contributed by atoms with Crippen LogP contribution in [-0.2, 0) is 9.59 Å². The molecule has 18 heavy (non-hydrogen) atoms. The second-order valence-corrected chi connectivity index (χ2v) is 5.26. The van der Waals surface area contributed by atoms with Gasteiger partial charge in [-0.1, -0.05) is 19.8 Å². The first-order valence-corrected chi connectivity index (χ1v) is 6.82. The van der Waals surface area contributed by atoms with Crippen molar-refractivity contribution in [2.24, 2.45) is 17.4 Å². The van der Waals surface area contributed by atoms with Gasteiger partial charge in [-0.2, -0.15) is 0 Å². The molecular weight excluding hydrogens is 230 g/mol. The summed E-state index contributed by atoms with van der Waals surface area (Å²) in [7, 11) is 0. The minimum atomic E-state index is -0.445. The van der Waals surface area contributed by atoms with E-state index in [9.17, 15) is 9.59 Å². The molecule has 0 saturated carbocycles. The number of carbonyl (C=O) groups excluding carboxylic acids is 2. The van der Waals surface area contributed by atoms with Gasteiger partial charge in [0.2, 0.25) is 11.8 Å². The highest BCUT2D eigenvalue weighted by Gasteiger charge is 2.33. The Morgan fingerprint density at radius 1 is 1.39 bits per heavy atom. The van der Waals surface area contributed by atoms with Crippen molar-refractivity contribution in [3.05, 3.63) is 0 Å². The zero-order valence-electron chi connectivity index (χ0n) is 11.4. The third kappa shape index (κ3) is 3.70. The third-order valence-corrected chi connectivity index (χ3v) is 3.75. The Kier molecular flexibility index (Phi) is 5.59. The van der Waals surface area contributed by atoms with Gasteiger partial charge in [-0.3, -0.25) is 9.59 Å². The molecule has 1 aliphatic heterocycles. The molecule has 0 aliphatic carbocycles. The Morgan fingerprint density at radius 3 is 2.61 bits per heavy atom. The van der Waals surface area contributed by atoms with Gasteiger partial charge in [0.1, 0.15) is 0 Å². The largest absolute Gasteiger partial charge is 0.369 e. The number of likely N-dealkylation sites (tertiary alicyclic amines) is 1. The summed E-state index contributed by atoms with van der Waals surface area (Å²) < 4.78 is 0. The van der Waals surface area contributed by atoms with Crippen LogP contribution in [0, 0.1) is 5.92 Å². The molecule has 3 atom stereocenters. The van der Waals surface area contributed by atoms with E-state index in [1.54, 1.807) is 4.90 Å². The Morgan fingerprint density at radius 2 is 2.06 bits per heavy atom. The molecule has 1 heterocycles. The van der Waals surface area contributed by atoms with Gasteiger partial charge in [-0.25, -0.2) is 0 Å². The second-order valence-electron chi connectivity index (χ2n) is 5.26. The number of piperidine rings is 1. The van der Waals surface area contributed by atoms with E-state index in [0.29, 0.717) is 13.0 Å². The number of nitrogens with zero attached hydrogens (tertiary/aromatic N) is 1. The summed E-state index contributed by atoms with van der Waals surface area (Å²) in [4.78, 5) is 25.2. The molecule has 0 aromatic rings. The molecule has 0 aromatic heterocycles. The SMILES string of the molecule is CCCC[C@H](N)C(=O)N1CC(C(N)=O)CCC1C. The van der Waals surface area contributed by atoms with Crippen LogP contribution in [-0.4, -0.2) is 35.3 Å². The summed E-state index contributed by atoms with van der Waals surface area (Å²) in [5.41, 5.74) is 11.2. The fourth-order valence-corrected chi connectivity index (χ4v) is 2.41. The van der Waals surface area contributed by atoms with Crippen molar-refractivity contribution in [1.29, 1.82) is 0 Å². The van der Waals surface area contributed by atoms with Gasteiger partial charge in [0.15, 0.2) is 0 Å². The molecule has 0 aromatic carbocycles. The lowest BCUT2D eigenvalue weighted by Gasteiger charge is -2.38. The maximum atomic E-state index is 12.2. The number of carbonyl (C=O) groups is 2. The van der Waals surface area contributed by atoms with Crippen molar-refractivity contribution in [1.82, 2.24) is 4.90 Å². The van der Waals surface area contributed by atoms with Crippen molar-refractivity contribution in [2.75, 3.05) is 6.54 Å². The Bertz CT molecular complexity index is 307. The molecule has 0 radical (unpaired) electrons. The van der Waals surface area contributed by atoms with Crippen LogP contribution >= 0.6 is 0 Å². The van der Waals surface area contributed by atoms with Gasteiger partial charge in [-0.05, 0) is 26.2 Å². The lowest BCUT2D eigenvalue weighted by molar-refractivity contribution is -0.139. The number of nitrogens with two attached hydrogens (primary N) is 2. The summed E-state index contributed by atoms with van der Waals surface area (Å²) in [5.74, 6) is -0.577. The minimum Gasteiger partial charge on any atom is -0.369 e. The number of primary amides is 1. The molecule has 1 rings (SSSR count). The Labute approximate surface area is 109 Å². The van der Waals surface area contributed by atoms with Gasteiger partial charge >= 0.3 is 0 Å². The third-order valence-electron chi connectivity index (χ3n) is 3.75. The zero-order chi connectivity index (χ0) is 13.7. The highest BCUT2D eigenvalue weighted by atomic mass is 16.2. The van der Waals surface area contributed by atoms with Crippen LogP contribution in [0.5, 0.6) is 0 Å². The standard InChI is InChI=1S/C13H25N3O2/c1-3-4-5-11(14)13(18)16-8-10(12(15)17)7-6-9(16)2/h9-11H,3-8,14H2,1-2H3,(H2,15,17)/t9?,10?,11-/m0/s1. The van der Waals surface area contributed by atoms with E-state index in [0.717, 1.165) is 25.7 Å². The number of hydrogen-bond acceptors (Lipinski definition) is 3. The van der Waals surface area contributed by atoms with Crippen LogP contribution < -0.4 is 11.5 Å². The van der Waals surface area contributed by atoms with Gasteiger partial charge in [0, 0.05) is 12.6 Å². The van der Waals surface area contributed by atoms with Crippen LogP contribution in [0.1, 0.15) is 46.0 Å². The quantitative estimate of drug-likeness (QED) is 0.754. The molecule has 5 nitrogen and oxygen atoms in total. The van der Waals surface area contributed by atoms with Crippen molar-refractivity contribution in [3.8, 4) is 0 Å². The van der Waals surface area contributed by atoms with Crippen molar-refractivity contribution in [2.45, 2.75) is 58.0 Å². The van der Waals surface area contributed by atoms with Crippen LogP contribution in [0.15, 0.2) is 0 Å². The fraction of sp³-hybridized carbons (Fsp3) is 0.846. The average Bonchev–Trinajstić information content (AvgIpc) is 2.35. The molecule has 2 unspecified atom stereocenters. The predicted molar refractivity (Wildman–Crippen MR) is 70.6 cm³/mol. The predicted octanol–water partition coefficient (Wildman–Crippen LogP) is 0.616. The molecular formula is C13H25N3O2. The summed E-state index contributed by atoms with van der Waals surface area (Å²) in [6, 6.07) is -0.292. The number of unbranched alkanes of at least 4 members (excludes halogenated alkanes) is 1. The topological polar surface area (TPSA) is 89.4 Å². The molecule has 5 heteroatoms. The summed E-state index contributed by atoms with van der Waals surface area (Å²) in [6.45, 7) is 4.50. The average molecular weight is 255 g/mol. The van der Waals surface area contributed by atoms with Gasteiger partial charge in [0.05, 0.1) is 12.0 Å². The Hall–Kier alpha value is -1.10. The molecule has 104 valence electrons. The first kappa shape index (κ1) is 15.0. The van der Waals surface area contributed by atoms with Crippen LogP contribution in [0.2, 0.25) is 0 Å². The maximum Gasteiger partial charge on any atom is 0.239 e. The van der Waals surface area contributed by atoms with E-state index in [1.807, 2.05) is 6.92 Å². The first-order chi connectivity index (χ1) is 8.47. The number of hydrogen-bond donors (Lipinski definition) is 2. The second kappa shape index (κ2) is 6.73. The summed E-state index contributed by atoms with van der Waals surface area (Å²) >= 11 is 0. The normalized spacial score (nSPS) is 25.8. The molecule has 0 spiro atoms. The molecule has 1 fully saturated rings. The van der Waals surface area contributed by atoms with E-state index in [-0.39, 0.29) is 23.8 Å².